The predicted octanol–water partition coefficient (Wildman–Crippen LogP) is 3.12. The molecule has 0 radical (unpaired) electrons. The zero-order valence-corrected chi connectivity index (χ0v) is 17.4. The molecule has 0 atom stereocenters. The molecule has 0 spiro atoms. The van der Waals surface area contributed by atoms with Gasteiger partial charge in [-0.3, -0.25) is 9.59 Å². The van der Waals surface area contributed by atoms with Gasteiger partial charge in [0.15, 0.2) is 9.84 Å². The van der Waals surface area contributed by atoms with E-state index in [0.29, 0.717) is 18.7 Å². The third-order valence-electron chi connectivity index (χ3n) is 4.64. The lowest BCUT2D eigenvalue weighted by molar-refractivity contribution is -0.117. The molecule has 28 heavy (non-hydrogen) atoms. The number of hydrogen-bond acceptors (Lipinski definition) is 5. The van der Waals surface area contributed by atoms with Crippen molar-refractivity contribution in [3.63, 3.8) is 0 Å². The van der Waals surface area contributed by atoms with E-state index in [2.05, 4.69) is 5.32 Å². The monoisotopic (exact) mass is 418 g/mol. The molecule has 0 aromatic heterocycles. The van der Waals surface area contributed by atoms with Crippen molar-refractivity contribution in [3.8, 4) is 0 Å². The Bertz CT molecular complexity index is 1020. The molecule has 0 bridgehead atoms. The van der Waals surface area contributed by atoms with Crippen LogP contribution in [0.3, 0.4) is 0 Å². The van der Waals surface area contributed by atoms with E-state index < -0.39 is 9.84 Å². The summed E-state index contributed by atoms with van der Waals surface area (Å²) in [6.45, 7) is 2.05. The Morgan fingerprint density at radius 3 is 2.68 bits per heavy atom. The second kappa shape index (κ2) is 8.36. The van der Waals surface area contributed by atoms with Gasteiger partial charge < -0.3 is 10.2 Å². The third-order valence-corrected chi connectivity index (χ3v) is 7.08. The molecule has 3 rings (SSSR count). The first-order valence-corrected chi connectivity index (χ1v) is 11.8. The molecule has 2 amide bonds. The predicted molar refractivity (Wildman–Crippen MR) is 112 cm³/mol. The fraction of sp³-hybridized carbons (Fsp3) is 0.300. The normalized spacial score (nSPS) is 13.3. The van der Waals surface area contributed by atoms with Crippen molar-refractivity contribution in [2.45, 2.75) is 29.6 Å². The number of rotatable bonds is 6. The van der Waals surface area contributed by atoms with Crippen LogP contribution in [-0.4, -0.2) is 38.8 Å². The lowest BCUT2D eigenvalue weighted by atomic mass is 10.2. The van der Waals surface area contributed by atoms with Crippen LogP contribution in [0.2, 0.25) is 0 Å². The molecule has 0 saturated carbocycles. The van der Waals surface area contributed by atoms with Crippen LogP contribution < -0.4 is 10.2 Å². The Balaban J connectivity index is 1.65. The second-order valence-electron chi connectivity index (χ2n) is 6.56. The van der Waals surface area contributed by atoms with E-state index in [1.165, 1.54) is 13.0 Å². The molecule has 1 aliphatic heterocycles. The Labute approximate surface area is 169 Å². The molecule has 1 heterocycles. The van der Waals surface area contributed by atoms with Crippen molar-refractivity contribution < 1.29 is 18.0 Å². The van der Waals surface area contributed by atoms with E-state index in [9.17, 15) is 18.0 Å². The van der Waals surface area contributed by atoms with Crippen LogP contribution in [0, 0.1) is 0 Å². The first kappa shape index (κ1) is 20.4. The zero-order chi connectivity index (χ0) is 20.3. The standard InChI is InChI=1S/C20H22N2O4S2/c1-14(23)22-10-8-15-12-18(6-7-19(15)22)28(25,26)11-9-20(24)21-16-4-3-5-17(13-16)27-2/h3-7,12-13H,8-11H2,1-2H3,(H,21,24). The summed E-state index contributed by atoms with van der Waals surface area (Å²) in [5.74, 6) is -0.668. The molecule has 1 N–H and O–H groups in total. The summed E-state index contributed by atoms with van der Waals surface area (Å²) in [7, 11) is -3.59. The largest absolute Gasteiger partial charge is 0.326 e. The Hall–Kier alpha value is -2.32. The number of thioether (sulfide) groups is 1. The van der Waals surface area contributed by atoms with E-state index in [1.807, 2.05) is 24.5 Å². The highest BCUT2D eigenvalue weighted by Gasteiger charge is 2.25. The number of amides is 2. The zero-order valence-electron chi connectivity index (χ0n) is 15.8. The van der Waals surface area contributed by atoms with Gasteiger partial charge in [-0.15, -0.1) is 11.8 Å². The molecule has 2 aromatic carbocycles. The van der Waals surface area contributed by atoms with Crippen molar-refractivity contribution in [3.05, 3.63) is 48.0 Å². The Morgan fingerprint density at radius 2 is 1.96 bits per heavy atom. The summed E-state index contributed by atoms with van der Waals surface area (Å²) < 4.78 is 25.3. The maximum absolute atomic E-state index is 12.6. The first-order chi connectivity index (χ1) is 13.3. The van der Waals surface area contributed by atoms with Crippen LogP contribution in [0.5, 0.6) is 0 Å². The molecule has 0 aliphatic carbocycles. The van der Waals surface area contributed by atoms with Crippen molar-refractivity contribution in [1.29, 1.82) is 0 Å². The SMILES string of the molecule is CSc1cccc(NC(=O)CCS(=O)(=O)c2ccc3c(c2)CCN3C(C)=O)c1. The minimum absolute atomic E-state index is 0.0587. The van der Waals surface area contributed by atoms with E-state index in [1.54, 1.807) is 34.9 Å². The quantitative estimate of drug-likeness (QED) is 0.729. The summed E-state index contributed by atoms with van der Waals surface area (Å²) >= 11 is 1.56. The minimum atomic E-state index is -3.59. The lowest BCUT2D eigenvalue weighted by Crippen LogP contribution is -2.25. The number of anilines is 2. The Morgan fingerprint density at radius 1 is 1.18 bits per heavy atom. The number of benzene rings is 2. The third kappa shape index (κ3) is 4.56. The Kier molecular flexibility index (Phi) is 6.10. The van der Waals surface area contributed by atoms with Gasteiger partial charge in [0.2, 0.25) is 11.8 Å². The number of nitrogens with one attached hydrogen (secondary N) is 1. The van der Waals surface area contributed by atoms with Gasteiger partial charge in [0.25, 0.3) is 0 Å². The average molecular weight is 419 g/mol. The van der Waals surface area contributed by atoms with Gasteiger partial charge in [-0.05, 0) is 54.6 Å². The number of fused-ring (bicyclic) bond motifs is 1. The van der Waals surface area contributed by atoms with Crippen LogP contribution >= 0.6 is 11.8 Å². The summed E-state index contributed by atoms with van der Waals surface area (Å²) in [5.41, 5.74) is 2.25. The van der Waals surface area contributed by atoms with Crippen LogP contribution in [0.1, 0.15) is 18.9 Å². The molecular formula is C20H22N2O4S2. The topological polar surface area (TPSA) is 83.6 Å². The fourth-order valence-electron chi connectivity index (χ4n) is 3.17. The van der Waals surface area contributed by atoms with Crippen molar-refractivity contribution in [2.75, 3.05) is 28.8 Å². The molecule has 6 nitrogen and oxygen atoms in total. The van der Waals surface area contributed by atoms with Gasteiger partial charge >= 0.3 is 0 Å². The highest BCUT2D eigenvalue weighted by Crippen LogP contribution is 2.30. The number of nitrogens with zero attached hydrogens (tertiary/aromatic N) is 1. The first-order valence-electron chi connectivity index (χ1n) is 8.88. The van der Waals surface area contributed by atoms with Crippen LogP contribution in [0.15, 0.2) is 52.3 Å². The number of carbonyl (C=O) groups is 2. The van der Waals surface area contributed by atoms with Crippen molar-refractivity contribution in [1.82, 2.24) is 0 Å². The molecule has 1 aliphatic rings. The summed E-state index contributed by atoms with van der Waals surface area (Å²) in [4.78, 5) is 26.6. The van der Waals surface area contributed by atoms with Crippen LogP contribution in [0.25, 0.3) is 0 Å². The summed E-state index contributed by atoms with van der Waals surface area (Å²) in [6.07, 6.45) is 2.45. The van der Waals surface area contributed by atoms with E-state index in [0.717, 1.165) is 16.1 Å². The minimum Gasteiger partial charge on any atom is -0.326 e. The average Bonchev–Trinajstić information content (AvgIpc) is 3.10. The lowest BCUT2D eigenvalue weighted by Gasteiger charge is -2.15. The van der Waals surface area contributed by atoms with Gasteiger partial charge in [-0.25, -0.2) is 8.42 Å². The molecular weight excluding hydrogens is 396 g/mol. The van der Waals surface area contributed by atoms with Gasteiger partial charge in [0.1, 0.15) is 0 Å². The van der Waals surface area contributed by atoms with Gasteiger partial charge in [0, 0.05) is 36.2 Å². The number of carbonyl (C=O) groups excluding carboxylic acids is 2. The summed E-state index contributed by atoms with van der Waals surface area (Å²) in [5, 5.41) is 2.74. The number of sulfone groups is 1. The smallest absolute Gasteiger partial charge is 0.225 e. The van der Waals surface area contributed by atoms with E-state index in [-0.39, 0.29) is 28.9 Å². The molecule has 0 fully saturated rings. The summed E-state index contributed by atoms with van der Waals surface area (Å²) in [6, 6.07) is 12.2. The van der Waals surface area contributed by atoms with Gasteiger partial charge in [-0.2, -0.15) is 0 Å². The molecule has 0 unspecified atom stereocenters. The van der Waals surface area contributed by atoms with Crippen LogP contribution in [0.4, 0.5) is 11.4 Å². The molecule has 0 saturated heterocycles. The maximum Gasteiger partial charge on any atom is 0.225 e. The fourth-order valence-corrected chi connectivity index (χ4v) is 4.91. The highest BCUT2D eigenvalue weighted by atomic mass is 32.2. The molecule has 8 heteroatoms. The van der Waals surface area contributed by atoms with E-state index >= 15 is 0 Å². The highest BCUT2D eigenvalue weighted by molar-refractivity contribution is 7.98. The van der Waals surface area contributed by atoms with Crippen LogP contribution in [-0.2, 0) is 25.8 Å². The molecule has 2 aromatic rings. The van der Waals surface area contributed by atoms with Gasteiger partial charge in [-0.1, -0.05) is 6.07 Å². The van der Waals surface area contributed by atoms with Crippen molar-refractivity contribution in [2.24, 2.45) is 0 Å². The van der Waals surface area contributed by atoms with E-state index in [4.69, 9.17) is 0 Å². The van der Waals surface area contributed by atoms with Gasteiger partial charge in [0.05, 0.1) is 10.6 Å². The second-order valence-corrected chi connectivity index (χ2v) is 9.55. The number of hydrogen-bond donors (Lipinski definition) is 1. The maximum atomic E-state index is 12.6. The van der Waals surface area contributed by atoms with Crippen molar-refractivity contribution >= 4 is 44.8 Å². The molecule has 148 valence electrons.